The van der Waals surface area contributed by atoms with Gasteiger partial charge in [0.2, 0.25) is 11.8 Å². The van der Waals surface area contributed by atoms with Crippen molar-refractivity contribution in [1.29, 1.82) is 0 Å². The van der Waals surface area contributed by atoms with Gasteiger partial charge in [-0.3, -0.25) is 9.59 Å². The van der Waals surface area contributed by atoms with E-state index in [1.165, 1.54) is 0 Å². The van der Waals surface area contributed by atoms with Crippen LogP contribution < -0.4 is 15.4 Å². The second kappa shape index (κ2) is 8.27. The molecule has 3 rings (SSSR count). The van der Waals surface area contributed by atoms with Gasteiger partial charge in [-0.15, -0.1) is 0 Å². The Labute approximate surface area is 156 Å². The number of carbonyl (C=O) groups excluding carboxylic acids is 2. The van der Waals surface area contributed by atoms with Crippen molar-refractivity contribution >= 4 is 29.4 Å². The maximum absolute atomic E-state index is 12.3. The minimum Gasteiger partial charge on any atom is -0.497 e. The fourth-order valence-electron chi connectivity index (χ4n) is 2.68. The second-order valence-electron chi connectivity index (χ2n) is 5.95. The number of hydrogen-bond donors (Lipinski definition) is 2. The molecule has 0 saturated heterocycles. The van der Waals surface area contributed by atoms with Crippen LogP contribution >= 0.6 is 11.8 Å². The van der Waals surface area contributed by atoms with Crippen LogP contribution in [0, 0.1) is 0 Å². The average Bonchev–Trinajstić information content (AvgIpc) is 3.23. The number of nitrogens with one attached hydrogen (secondary N) is 2. The number of rotatable bonds is 7. The number of aromatic nitrogens is 2. The molecule has 0 unspecified atom stereocenters. The number of ether oxygens (including phenoxy) is 1. The molecule has 1 aliphatic rings. The van der Waals surface area contributed by atoms with E-state index in [0.717, 1.165) is 34.1 Å². The molecular formula is C18H22N4O3S. The Morgan fingerprint density at radius 2 is 2.00 bits per heavy atom. The van der Waals surface area contributed by atoms with Crippen LogP contribution in [0.15, 0.2) is 24.3 Å². The number of nitrogens with zero attached hydrogens (tertiary/aromatic N) is 2. The zero-order valence-electron chi connectivity index (χ0n) is 14.9. The summed E-state index contributed by atoms with van der Waals surface area (Å²) in [6.45, 7) is 2.30. The van der Waals surface area contributed by atoms with Gasteiger partial charge < -0.3 is 15.4 Å². The lowest BCUT2D eigenvalue weighted by molar-refractivity contribution is -0.122. The molecule has 26 heavy (non-hydrogen) atoms. The van der Waals surface area contributed by atoms with Crippen molar-refractivity contribution in [1.82, 2.24) is 15.1 Å². The van der Waals surface area contributed by atoms with Crippen LogP contribution in [0.25, 0.3) is 0 Å². The Hall–Kier alpha value is -2.48. The summed E-state index contributed by atoms with van der Waals surface area (Å²) in [6.07, 6.45) is 0.386. The smallest absolute Gasteiger partial charge is 0.242 e. The second-order valence-corrected chi connectivity index (χ2v) is 6.94. The lowest BCUT2D eigenvalue weighted by Crippen LogP contribution is -2.28. The van der Waals surface area contributed by atoms with Crippen LogP contribution in [0.3, 0.4) is 0 Å². The monoisotopic (exact) mass is 374 g/mol. The molecular weight excluding hydrogens is 352 g/mol. The van der Waals surface area contributed by atoms with Gasteiger partial charge in [0, 0.05) is 30.0 Å². The van der Waals surface area contributed by atoms with E-state index in [4.69, 9.17) is 4.74 Å². The van der Waals surface area contributed by atoms with Crippen LogP contribution in [0.4, 0.5) is 5.82 Å². The van der Waals surface area contributed by atoms with E-state index in [9.17, 15) is 9.59 Å². The Bertz CT molecular complexity index is 802. The number of amides is 2. The first-order valence-corrected chi connectivity index (χ1v) is 9.62. The zero-order valence-corrected chi connectivity index (χ0v) is 15.7. The molecule has 2 heterocycles. The highest BCUT2D eigenvalue weighted by Crippen LogP contribution is 2.34. The molecule has 0 atom stereocenters. The zero-order chi connectivity index (χ0) is 18.5. The predicted molar refractivity (Wildman–Crippen MR) is 101 cm³/mol. The van der Waals surface area contributed by atoms with Gasteiger partial charge in [0.05, 0.1) is 12.8 Å². The summed E-state index contributed by atoms with van der Waals surface area (Å²) < 4.78 is 6.72. The van der Waals surface area contributed by atoms with E-state index < -0.39 is 0 Å². The SMILES string of the molecule is CCC(=O)Nc1c2c(nn1CC(=O)NCc1ccc(OC)cc1)CSC2. The van der Waals surface area contributed by atoms with E-state index in [1.54, 1.807) is 30.5 Å². The molecule has 1 aromatic carbocycles. The van der Waals surface area contributed by atoms with Gasteiger partial charge in [-0.1, -0.05) is 19.1 Å². The number of hydrogen-bond acceptors (Lipinski definition) is 5. The van der Waals surface area contributed by atoms with Crippen LogP contribution in [-0.2, 0) is 34.2 Å². The molecule has 0 bridgehead atoms. The van der Waals surface area contributed by atoms with E-state index >= 15 is 0 Å². The summed E-state index contributed by atoms with van der Waals surface area (Å²) in [4.78, 5) is 24.1. The van der Waals surface area contributed by atoms with Gasteiger partial charge in [-0.2, -0.15) is 16.9 Å². The molecule has 0 fully saturated rings. The minimum absolute atomic E-state index is 0.0765. The summed E-state index contributed by atoms with van der Waals surface area (Å²) in [5.41, 5.74) is 2.96. The van der Waals surface area contributed by atoms with Crippen molar-refractivity contribution in [3.05, 3.63) is 41.1 Å². The maximum Gasteiger partial charge on any atom is 0.242 e. The molecule has 7 nitrogen and oxygen atoms in total. The number of thioether (sulfide) groups is 1. The van der Waals surface area contributed by atoms with Crippen LogP contribution in [-0.4, -0.2) is 28.7 Å². The Kier molecular flexibility index (Phi) is 5.82. The number of anilines is 1. The third kappa shape index (κ3) is 4.19. The van der Waals surface area contributed by atoms with Crippen molar-refractivity contribution in [2.24, 2.45) is 0 Å². The molecule has 8 heteroatoms. The third-order valence-corrected chi connectivity index (χ3v) is 5.11. The highest BCUT2D eigenvalue weighted by molar-refractivity contribution is 7.98. The lowest BCUT2D eigenvalue weighted by atomic mass is 10.2. The van der Waals surface area contributed by atoms with Gasteiger partial charge in [0.1, 0.15) is 18.1 Å². The Balaban J connectivity index is 1.64. The predicted octanol–water partition coefficient (Wildman–Crippen LogP) is 2.30. The molecule has 2 amide bonds. The van der Waals surface area contributed by atoms with E-state index in [2.05, 4.69) is 15.7 Å². The lowest BCUT2D eigenvalue weighted by Gasteiger charge is -2.11. The Morgan fingerprint density at radius 3 is 2.69 bits per heavy atom. The van der Waals surface area contributed by atoms with Gasteiger partial charge in [0.15, 0.2) is 0 Å². The minimum atomic E-state index is -0.151. The Morgan fingerprint density at radius 1 is 1.23 bits per heavy atom. The van der Waals surface area contributed by atoms with Gasteiger partial charge in [-0.05, 0) is 17.7 Å². The molecule has 1 aromatic heterocycles. The van der Waals surface area contributed by atoms with E-state index in [0.29, 0.717) is 18.8 Å². The molecule has 0 spiro atoms. The summed E-state index contributed by atoms with van der Waals surface area (Å²) in [5, 5.41) is 10.3. The molecule has 1 aliphatic heterocycles. The molecule has 0 saturated carbocycles. The summed E-state index contributed by atoms with van der Waals surface area (Å²) in [6, 6.07) is 7.53. The van der Waals surface area contributed by atoms with E-state index in [1.807, 2.05) is 24.3 Å². The molecule has 0 radical (unpaired) electrons. The first kappa shape index (κ1) is 18.3. The fraction of sp³-hybridized carbons (Fsp3) is 0.389. The summed E-state index contributed by atoms with van der Waals surface area (Å²) >= 11 is 1.76. The van der Waals surface area contributed by atoms with Gasteiger partial charge in [-0.25, -0.2) is 4.68 Å². The normalized spacial score (nSPS) is 12.5. The first-order valence-electron chi connectivity index (χ1n) is 8.46. The van der Waals surface area contributed by atoms with Gasteiger partial charge in [0.25, 0.3) is 0 Å². The number of methoxy groups -OCH3 is 1. The molecule has 2 N–H and O–H groups in total. The maximum atomic E-state index is 12.3. The fourth-order valence-corrected chi connectivity index (χ4v) is 3.71. The third-order valence-electron chi connectivity index (χ3n) is 4.14. The van der Waals surface area contributed by atoms with E-state index in [-0.39, 0.29) is 18.4 Å². The van der Waals surface area contributed by atoms with Crippen molar-refractivity contribution in [3.63, 3.8) is 0 Å². The molecule has 138 valence electrons. The number of benzene rings is 1. The summed E-state index contributed by atoms with van der Waals surface area (Å²) in [7, 11) is 1.62. The quantitative estimate of drug-likeness (QED) is 0.777. The topological polar surface area (TPSA) is 85.2 Å². The van der Waals surface area contributed by atoms with Crippen LogP contribution in [0.5, 0.6) is 5.75 Å². The van der Waals surface area contributed by atoms with Crippen molar-refractivity contribution in [2.75, 3.05) is 12.4 Å². The summed E-state index contributed by atoms with van der Waals surface area (Å²) in [5.74, 6) is 2.82. The average molecular weight is 374 g/mol. The van der Waals surface area contributed by atoms with Crippen LogP contribution in [0.2, 0.25) is 0 Å². The number of fused-ring (bicyclic) bond motifs is 1. The standard InChI is InChI=1S/C18H22N4O3S/c1-3-16(23)20-18-14-10-26-11-15(14)21-22(18)9-17(24)19-8-12-4-6-13(25-2)7-5-12/h4-7H,3,8-11H2,1-2H3,(H,19,24)(H,20,23). The highest BCUT2D eigenvalue weighted by atomic mass is 32.2. The van der Waals surface area contributed by atoms with Crippen LogP contribution in [0.1, 0.15) is 30.2 Å². The first-order chi connectivity index (χ1) is 12.6. The molecule has 0 aliphatic carbocycles. The van der Waals surface area contributed by atoms with Crippen molar-refractivity contribution in [2.45, 2.75) is 37.9 Å². The molecule has 2 aromatic rings. The van der Waals surface area contributed by atoms with Gasteiger partial charge >= 0.3 is 0 Å². The number of carbonyl (C=O) groups is 2. The van der Waals surface area contributed by atoms with Crippen molar-refractivity contribution < 1.29 is 14.3 Å². The largest absolute Gasteiger partial charge is 0.497 e. The van der Waals surface area contributed by atoms with Crippen molar-refractivity contribution in [3.8, 4) is 5.75 Å². The highest BCUT2D eigenvalue weighted by Gasteiger charge is 2.24.